The Morgan fingerprint density at radius 2 is 1.92 bits per heavy atom. The smallest absolute Gasteiger partial charge is 0.270 e. The lowest BCUT2D eigenvalue weighted by Gasteiger charge is -2.38. The number of non-ortho nitro benzene ring substituents is 1. The van der Waals surface area contributed by atoms with Gasteiger partial charge in [0.05, 0.1) is 23.5 Å². The van der Waals surface area contributed by atoms with Crippen LogP contribution in [0.1, 0.15) is 10.4 Å². The molecule has 0 bridgehead atoms. The van der Waals surface area contributed by atoms with Crippen molar-refractivity contribution < 1.29 is 14.5 Å². The minimum Gasteiger partial charge on any atom is -0.471 e. The molecule has 0 aliphatic carbocycles. The number of hydrogen-bond donors (Lipinski definition) is 0. The van der Waals surface area contributed by atoms with Gasteiger partial charge < -0.3 is 9.64 Å². The van der Waals surface area contributed by atoms with Gasteiger partial charge in [-0.2, -0.15) is 0 Å². The fourth-order valence-electron chi connectivity index (χ4n) is 2.90. The number of pyridine rings is 1. The molecule has 2 aromatic carbocycles. The molecule has 1 aliphatic rings. The number of carbonyl (C=O) groups excluding carboxylic acids is 1. The van der Waals surface area contributed by atoms with Gasteiger partial charge in [-0.3, -0.25) is 14.9 Å². The van der Waals surface area contributed by atoms with Crippen LogP contribution < -0.4 is 4.74 Å². The van der Waals surface area contributed by atoms with E-state index >= 15 is 0 Å². The first-order valence-corrected chi connectivity index (χ1v) is 8.16. The molecule has 1 amide bonds. The highest BCUT2D eigenvalue weighted by atomic mass is 16.6. The molecule has 0 radical (unpaired) electrons. The van der Waals surface area contributed by atoms with E-state index < -0.39 is 4.92 Å². The number of nitro benzene ring substituents is 1. The summed E-state index contributed by atoms with van der Waals surface area (Å²) in [5.74, 6) is 0.288. The van der Waals surface area contributed by atoms with Crippen molar-refractivity contribution in [3.8, 4) is 5.88 Å². The molecular formula is C19H15N3O4. The number of carbonyl (C=O) groups is 1. The van der Waals surface area contributed by atoms with Gasteiger partial charge in [0.2, 0.25) is 5.88 Å². The lowest BCUT2D eigenvalue weighted by atomic mass is 10.1. The highest BCUT2D eigenvalue weighted by molar-refractivity contribution is 5.95. The second-order valence-electron chi connectivity index (χ2n) is 6.10. The summed E-state index contributed by atoms with van der Waals surface area (Å²) < 4.78 is 5.82. The number of aromatic nitrogens is 1. The number of para-hydroxylation sites is 1. The minimum absolute atomic E-state index is 0.0930. The largest absolute Gasteiger partial charge is 0.471 e. The molecule has 3 aromatic rings. The minimum atomic E-state index is -0.510. The molecule has 2 heterocycles. The summed E-state index contributed by atoms with van der Waals surface area (Å²) in [4.78, 5) is 28.8. The molecule has 7 nitrogen and oxygen atoms in total. The van der Waals surface area contributed by atoms with Crippen molar-refractivity contribution in [3.63, 3.8) is 0 Å². The van der Waals surface area contributed by atoms with Crippen LogP contribution in [0.25, 0.3) is 10.9 Å². The lowest BCUT2D eigenvalue weighted by molar-refractivity contribution is -0.384. The standard InChI is InChI=1S/C19H15N3O4/c23-19(14-5-3-6-15(10-14)22(24)25)21-11-16(12-21)26-18-9-8-13-4-1-2-7-17(13)20-18/h1-10,16H,11-12H2. The van der Waals surface area contributed by atoms with Crippen LogP contribution in [-0.4, -0.2) is 39.9 Å². The van der Waals surface area contributed by atoms with Gasteiger partial charge in [0.15, 0.2) is 0 Å². The predicted octanol–water partition coefficient (Wildman–Crippen LogP) is 3.05. The Morgan fingerprint density at radius 1 is 1.12 bits per heavy atom. The van der Waals surface area contributed by atoms with Crippen molar-refractivity contribution in [2.75, 3.05) is 13.1 Å². The molecule has 1 fully saturated rings. The van der Waals surface area contributed by atoms with E-state index in [1.54, 1.807) is 11.0 Å². The van der Waals surface area contributed by atoms with Gasteiger partial charge in [-0.25, -0.2) is 4.98 Å². The number of fused-ring (bicyclic) bond motifs is 1. The molecule has 130 valence electrons. The Bertz CT molecular complexity index is 999. The molecule has 7 heteroatoms. The zero-order valence-electron chi connectivity index (χ0n) is 13.7. The predicted molar refractivity (Wildman–Crippen MR) is 95.2 cm³/mol. The number of nitro groups is 1. The van der Waals surface area contributed by atoms with Gasteiger partial charge in [-0.15, -0.1) is 0 Å². The quantitative estimate of drug-likeness (QED) is 0.534. The van der Waals surface area contributed by atoms with E-state index in [1.165, 1.54) is 18.2 Å². The first kappa shape index (κ1) is 16.0. The van der Waals surface area contributed by atoms with Gasteiger partial charge in [-0.1, -0.05) is 24.3 Å². The average Bonchev–Trinajstić information content (AvgIpc) is 2.63. The fraction of sp³-hybridized carbons (Fsp3) is 0.158. The highest BCUT2D eigenvalue weighted by Gasteiger charge is 2.33. The Hall–Kier alpha value is -3.48. The van der Waals surface area contributed by atoms with E-state index in [9.17, 15) is 14.9 Å². The Balaban J connectivity index is 1.39. The normalized spacial score (nSPS) is 14.1. The second kappa shape index (κ2) is 6.44. The number of amides is 1. The molecule has 26 heavy (non-hydrogen) atoms. The van der Waals surface area contributed by atoms with E-state index in [4.69, 9.17) is 4.74 Å². The number of ether oxygens (including phenoxy) is 1. The summed E-state index contributed by atoms with van der Waals surface area (Å²) in [5, 5.41) is 11.9. The first-order valence-electron chi connectivity index (χ1n) is 8.16. The Kier molecular flexibility index (Phi) is 3.96. The van der Waals surface area contributed by atoms with Crippen molar-refractivity contribution in [3.05, 3.63) is 76.3 Å². The Labute approximate surface area is 149 Å². The molecule has 0 N–H and O–H groups in total. The van der Waals surface area contributed by atoms with Crippen molar-refractivity contribution >= 4 is 22.5 Å². The van der Waals surface area contributed by atoms with Crippen molar-refractivity contribution in [2.24, 2.45) is 0 Å². The zero-order valence-corrected chi connectivity index (χ0v) is 13.7. The maximum absolute atomic E-state index is 12.4. The number of nitrogens with zero attached hydrogens (tertiary/aromatic N) is 3. The average molecular weight is 349 g/mol. The van der Waals surface area contributed by atoms with E-state index in [-0.39, 0.29) is 17.7 Å². The van der Waals surface area contributed by atoms with Crippen LogP contribution in [0.2, 0.25) is 0 Å². The zero-order chi connectivity index (χ0) is 18.1. The van der Waals surface area contributed by atoms with E-state index in [1.807, 2.05) is 36.4 Å². The Morgan fingerprint density at radius 3 is 2.73 bits per heavy atom. The fourth-order valence-corrected chi connectivity index (χ4v) is 2.90. The molecular weight excluding hydrogens is 334 g/mol. The van der Waals surface area contributed by atoms with Gasteiger partial charge in [0.1, 0.15) is 6.10 Å². The number of rotatable bonds is 4. The van der Waals surface area contributed by atoms with Crippen molar-refractivity contribution in [2.45, 2.75) is 6.10 Å². The van der Waals surface area contributed by atoms with E-state index in [0.717, 1.165) is 10.9 Å². The number of hydrogen-bond acceptors (Lipinski definition) is 5. The van der Waals surface area contributed by atoms with Gasteiger partial charge in [-0.05, 0) is 18.2 Å². The van der Waals surface area contributed by atoms with Crippen molar-refractivity contribution in [1.82, 2.24) is 9.88 Å². The van der Waals surface area contributed by atoms with Gasteiger partial charge >= 0.3 is 0 Å². The summed E-state index contributed by atoms with van der Waals surface area (Å²) in [7, 11) is 0. The molecule has 1 aliphatic heterocycles. The van der Waals surface area contributed by atoms with E-state index in [2.05, 4.69) is 4.98 Å². The summed E-state index contributed by atoms with van der Waals surface area (Å²) in [6, 6.07) is 17.3. The number of likely N-dealkylation sites (tertiary alicyclic amines) is 1. The summed E-state index contributed by atoms with van der Waals surface area (Å²) in [6.45, 7) is 0.853. The monoisotopic (exact) mass is 349 g/mol. The summed E-state index contributed by atoms with van der Waals surface area (Å²) in [6.07, 6.45) is -0.133. The van der Waals surface area contributed by atoms with Crippen molar-refractivity contribution in [1.29, 1.82) is 0 Å². The van der Waals surface area contributed by atoms with Crippen LogP contribution in [0, 0.1) is 10.1 Å². The maximum Gasteiger partial charge on any atom is 0.270 e. The van der Waals surface area contributed by atoms with Crippen LogP contribution in [-0.2, 0) is 0 Å². The van der Waals surface area contributed by atoms with Gasteiger partial charge in [0, 0.05) is 29.1 Å². The maximum atomic E-state index is 12.4. The molecule has 1 saturated heterocycles. The molecule has 0 spiro atoms. The van der Waals surface area contributed by atoms with E-state index in [0.29, 0.717) is 24.5 Å². The summed E-state index contributed by atoms with van der Waals surface area (Å²) >= 11 is 0. The van der Waals surface area contributed by atoms with Crippen LogP contribution in [0.5, 0.6) is 5.88 Å². The molecule has 0 atom stereocenters. The molecule has 1 aromatic heterocycles. The third kappa shape index (κ3) is 3.06. The SMILES string of the molecule is O=C(c1cccc([N+](=O)[O-])c1)N1CC(Oc2ccc3ccccc3n2)C1. The first-order chi connectivity index (χ1) is 12.6. The highest BCUT2D eigenvalue weighted by Crippen LogP contribution is 2.22. The van der Waals surface area contributed by atoms with Crippen LogP contribution >= 0.6 is 0 Å². The third-order valence-electron chi connectivity index (χ3n) is 4.30. The van der Waals surface area contributed by atoms with Crippen LogP contribution in [0.15, 0.2) is 60.7 Å². The molecule has 0 unspecified atom stereocenters. The lowest BCUT2D eigenvalue weighted by Crippen LogP contribution is -2.56. The number of benzene rings is 2. The third-order valence-corrected chi connectivity index (χ3v) is 4.30. The molecule has 4 rings (SSSR count). The summed E-state index contributed by atoms with van der Waals surface area (Å²) in [5.41, 5.74) is 1.07. The second-order valence-corrected chi connectivity index (χ2v) is 6.10. The van der Waals surface area contributed by atoms with Crippen LogP contribution in [0.4, 0.5) is 5.69 Å². The molecule has 0 saturated carbocycles. The topological polar surface area (TPSA) is 85.6 Å². The van der Waals surface area contributed by atoms with Crippen LogP contribution in [0.3, 0.4) is 0 Å². The van der Waals surface area contributed by atoms with Gasteiger partial charge in [0.25, 0.3) is 11.6 Å².